The third-order valence-electron chi connectivity index (χ3n) is 3.49. The van der Waals surface area contributed by atoms with Crippen LogP contribution in [0.25, 0.3) is 22.3 Å². The first-order valence-electron chi connectivity index (χ1n) is 7.16. The van der Waals surface area contributed by atoms with Gasteiger partial charge in [-0.05, 0) is 13.0 Å². The third kappa shape index (κ3) is 2.79. The van der Waals surface area contributed by atoms with E-state index in [1.807, 2.05) is 30.3 Å². The Morgan fingerprint density at radius 1 is 1.25 bits per heavy atom. The molecule has 2 heterocycles. The molecule has 0 spiro atoms. The topological polar surface area (TPSA) is 113 Å². The molecule has 7 heteroatoms. The number of carbonyl (C=O) groups excluding carboxylic acids is 1. The second-order valence-electron chi connectivity index (χ2n) is 5.19. The lowest BCUT2D eigenvalue weighted by atomic mass is 10.1. The van der Waals surface area contributed by atoms with E-state index in [-0.39, 0.29) is 11.4 Å². The Balaban J connectivity index is 2.07. The predicted molar refractivity (Wildman–Crippen MR) is 85.8 cm³/mol. The maximum absolute atomic E-state index is 12.0. The van der Waals surface area contributed by atoms with Crippen LogP contribution < -0.4 is 5.32 Å². The van der Waals surface area contributed by atoms with Gasteiger partial charge in [0.25, 0.3) is 5.91 Å². The lowest BCUT2D eigenvalue weighted by molar-refractivity contribution is -0.135. The molecule has 0 atom stereocenters. The molecule has 2 aromatic heterocycles. The molecule has 0 saturated heterocycles. The number of furan rings is 1. The van der Waals surface area contributed by atoms with E-state index >= 15 is 0 Å². The average Bonchev–Trinajstić information content (AvgIpc) is 3.03. The maximum atomic E-state index is 12.0. The molecule has 0 saturated carbocycles. The van der Waals surface area contributed by atoms with E-state index in [1.54, 1.807) is 13.0 Å². The van der Waals surface area contributed by atoms with E-state index in [0.29, 0.717) is 22.4 Å². The Morgan fingerprint density at radius 2 is 1.96 bits per heavy atom. The highest BCUT2D eigenvalue weighted by atomic mass is 16.4. The number of amides is 1. The van der Waals surface area contributed by atoms with Gasteiger partial charge in [0.1, 0.15) is 12.3 Å². The second-order valence-corrected chi connectivity index (χ2v) is 5.19. The lowest BCUT2D eigenvalue weighted by Gasteiger charge is -2.06. The van der Waals surface area contributed by atoms with Gasteiger partial charge in [-0.3, -0.25) is 9.59 Å². The van der Waals surface area contributed by atoms with Crippen LogP contribution in [0.1, 0.15) is 16.2 Å². The molecule has 1 aromatic carbocycles. The van der Waals surface area contributed by atoms with Gasteiger partial charge in [0.2, 0.25) is 0 Å². The number of carboxylic acids is 1. The number of benzene rings is 1. The largest absolute Gasteiger partial charge is 0.505 e. The molecule has 0 unspecified atom stereocenters. The first kappa shape index (κ1) is 15.5. The van der Waals surface area contributed by atoms with Crippen molar-refractivity contribution in [3.8, 4) is 17.1 Å². The van der Waals surface area contributed by atoms with Gasteiger partial charge in [0, 0.05) is 5.56 Å². The number of nitrogens with one attached hydrogen (secondary N) is 1. The van der Waals surface area contributed by atoms with Crippen LogP contribution in [-0.4, -0.2) is 33.6 Å². The van der Waals surface area contributed by atoms with Gasteiger partial charge in [-0.25, -0.2) is 4.98 Å². The number of fused-ring (bicyclic) bond motifs is 1. The van der Waals surface area contributed by atoms with Crippen LogP contribution in [0.5, 0.6) is 5.75 Å². The zero-order valence-corrected chi connectivity index (χ0v) is 12.7. The van der Waals surface area contributed by atoms with Gasteiger partial charge in [-0.1, -0.05) is 30.3 Å². The Morgan fingerprint density at radius 3 is 2.62 bits per heavy atom. The standard InChI is InChI=1S/C17H14N2O5/c1-9-16-11(7-12(24-16)10-5-3-2-4-6-10)15(22)14(19-9)17(23)18-8-13(20)21/h2-7,22H,8H2,1H3,(H,18,23)(H,20,21). The van der Waals surface area contributed by atoms with Gasteiger partial charge < -0.3 is 19.9 Å². The number of hydrogen-bond acceptors (Lipinski definition) is 5. The molecule has 0 aliphatic carbocycles. The second kappa shape index (κ2) is 6.04. The first-order valence-corrected chi connectivity index (χ1v) is 7.16. The molecule has 0 bridgehead atoms. The van der Waals surface area contributed by atoms with Crippen molar-refractivity contribution in [1.29, 1.82) is 0 Å². The number of aromatic hydroxyl groups is 1. The third-order valence-corrected chi connectivity index (χ3v) is 3.49. The number of rotatable bonds is 4. The van der Waals surface area contributed by atoms with Crippen LogP contribution in [0.2, 0.25) is 0 Å². The fourth-order valence-corrected chi connectivity index (χ4v) is 2.38. The summed E-state index contributed by atoms with van der Waals surface area (Å²) < 4.78 is 5.75. The molecule has 7 nitrogen and oxygen atoms in total. The molecule has 3 aromatic rings. The van der Waals surface area contributed by atoms with Crippen LogP contribution in [-0.2, 0) is 4.79 Å². The molecule has 122 valence electrons. The Bertz CT molecular complexity index is 931. The molecular formula is C17H14N2O5. The lowest BCUT2D eigenvalue weighted by Crippen LogP contribution is -2.30. The van der Waals surface area contributed by atoms with Crippen LogP contribution in [0, 0.1) is 6.92 Å². The quantitative estimate of drug-likeness (QED) is 0.678. The van der Waals surface area contributed by atoms with Gasteiger partial charge in [0.05, 0.1) is 11.1 Å². The average molecular weight is 326 g/mol. The zero-order valence-electron chi connectivity index (χ0n) is 12.7. The number of aromatic nitrogens is 1. The van der Waals surface area contributed by atoms with Crippen molar-refractivity contribution >= 4 is 22.8 Å². The molecule has 0 radical (unpaired) electrons. The van der Waals surface area contributed by atoms with Crippen LogP contribution in [0.4, 0.5) is 0 Å². The number of carbonyl (C=O) groups is 2. The van der Waals surface area contributed by atoms with E-state index in [2.05, 4.69) is 10.3 Å². The summed E-state index contributed by atoms with van der Waals surface area (Å²) in [4.78, 5) is 26.6. The normalized spacial score (nSPS) is 10.7. The molecule has 3 rings (SSSR count). The number of aryl methyl sites for hydroxylation is 1. The first-order chi connectivity index (χ1) is 11.5. The summed E-state index contributed by atoms with van der Waals surface area (Å²) in [6, 6.07) is 10.9. The molecule has 0 aliphatic heterocycles. The summed E-state index contributed by atoms with van der Waals surface area (Å²) >= 11 is 0. The number of carboxylic acid groups (broad SMARTS) is 1. The summed E-state index contributed by atoms with van der Waals surface area (Å²) in [6.45, 7) is 1.09. The molecule has 0 aliphatic rings. The number of pyridine rings is 1. The van der Waals surface area contributed by atoms with Crippen molar-refractivity contribution in [3.63, 3.8) is 0 Å². The van der Waals surface area contributed by atoms with E-state index in [1.165, 1.54) is 0 Å². The van der Waals surface area contributed by atoms with Gasteiger partial charge >= 0.3 is 5.97 Å². The highest BCUT2D eigenvalue weighted by Crippen LogP contribution is 2.35. The SMILES string of the molecule is Cc1nc(C(=O)NCC(=O)O)c(O)c2cc(-c3ccccc3)oc12. The fraction of sp³-hybridized carbons (Fsp3) is 0.118. The van der Waals surface area contributed by atoms with Crippen LogP contribution in [0.15, 0.2) is 40.8 Å². The van der Waals surface area contributed by atoms with Gasteiger partial charge in [0.15, 0.2) is 17.0 Å². The number of nitrogens with zero attached hydrogens (tertiary/aromatic N) is 1. The summed E-state index contributed by atoms with van der Waals surface area (Å²) in [5.41, 5.74) is 1.39. The van der Waals surface area contributed by atoms with Crippen LogP contribution >= 0.6 is 0 Å². The highest BCUT2D eigenvalue weighted by molar-refractivity contribution is 6.02. The minimum Gasteiger partial charge on any atom is -0.505 e. The minimum atomic E-state index is -1.18. The van der Waals surface area contributed by atoms with Crippen molar-refractivity contribution in [1.82, 2.24) is 10.3 Å². The van der Waals surface area contributed by atoms with Crippen molar-refractivity contribution in [2.75, 3.05) is 6.54 Å². The monoisotopic (exact) mass is 326 g/mol. The van der Waals surface area contributed by atoms with E-state index in [0.717, 1.165) is 5.56 Å². The van der Waals surface area contributed by atoms with Crippen molar-refractivity contribution in [3.05, 3.63) is 47.8 Å². The Labute approximate surface area is 136 Å². The highest BCUT2D eigenvalue weighted by Gasteiger charge is 2.21. The van der Waals surface area contributed by atoms with Crippen molar-refractivity contribution in [2.45, 2.75) is 6.92 Å². The predicted octanol–water partition coefficient (Wildman–Crippen LogP) is 2.32. The van der Waals surface area contributed by atoms with Crippen LogP contribution in [0.3, 0.4) is 0 Å². The molecular weight excluding hydrogens is 312 g/mol. The summed E-state index contributed by atoms with van der Waals surface area (Å²) in [5.74, 6) is -1.75. The molecule has 24 heavy (non-hydrogen) atoms. The van der Waals surface area contributed by atoms with Crippen molar-refractivity contribution < 1.29 is 24.2 Å². The van der Waals surface area contributed by atoms with E-state index in [9.17, 15) is 14.7 Å². The smallest absolute Gasteiger partial charge is 0.322 e. The Hall–Kier alpha value is -3.35. The number of aliphatic carboxylic acids is 1. The molecule has 1 amide bonds. The maximum Gasteiger partial charge on any atom is 0.322 e. The fourth-order valence-electron chi connectivity index (χ4n) is 2.38. The van der Waals surface area contributed by atoms with Gasteiger partial charge in [-0.2, -0.15) is 0 Å². The van der Waals surface area contributed by atoms with E-state index < -0.39 is 18.4 Å². The summed E-state index contributed by atoms with van der Waals surface area (Å²) in [6.07, 6.45) is 0. The molecule has 0 fully saturated rings. The Kier molecular flexibility index (Phi) is 3.91. The van der Waals surface area contributed by atoms with Gasteiger partial charge in [-0.15, -0.1) is 0 Å². The minimum absolute atomic E-state index is 0.235. The number of hydrogen-bond donors (Lipinski definition) is 3. The van der Waals surface area contributed by atoms with Crippen molar-refractivity contribution in [2.24, 2.45) is 0 Å². The summed E-state index contributed by atoms with van der Waals surface area (Å²) in [5, 5.41) is 21.5. The zero-order chi connectivity index (χ0) is 17.3. The van der Waals surface area contributed by atoms with E-state index in [4.69, 9.17) is 9.52 Å². The summed E-state index contributed by atoms with van der Waals surface area (Å²) in [7, 11) is 0. The molecule has 3 N–H and O–H groups in total.